The summed E-state index contributed by atoms with van der Waals surface area (Å²) in [6, 6.07) is 4.00. The summed E-state index contributed by atoms with van der Waals surface area (Å²) in [5.74, 6) is 1.55. The smallest absolute Gasteiger partial charge is 0.153 e. The zero-order valence-electron chi connectivity index (χ0n) is 10.9. The van der Waals surface area contributed by atoms with Gasteiger partial charge in [-0.25, -0.2) is 9.67 Å². The van der Waals surface area contributed by atoms with Crippen LogP contribution in [0.2, 0.25) is 0 Å². The highest BCUT2D eigenvalue weighted by molar-refractivity contribution is 9.10. The number of rotatable bonds is 5. The fourth-order valence-electron chi connectivity index (χ4n) is 2.26. The van der Waals surface area contributed by atoms with Gasteiger partial charge in [-0.05, 0) is 47.4 Å². The van der Waals surface area contributed by atoms with Gasteiger partial charge in [-0.3, -0.25) is 0 Å². The summed E-state index contributed by atoms with van der Waals surface area (Å²) >= 11 is 3.42. The molecule has 0 atom stereocenters. The highest BCUT2D eigenvalue weighted by Crippen LogP contribution is 2.42. The monoisotopic (exact) mass is 320 g/mol. The summed E-state index contributed by atoms with van der Waals surface area (Å²) in [5.41, 5.74) is 2.63. The molecule has 0 aliphatic heterocycles. The molecule has 0 radical (unpaired) electrons. The van der Waals surface area contributed by atoms with Gasteiger partial charge in [0.15, 0.2) is 5.82 Å². The van der Waals surface area contributed by atoms with E-state index in [-0.39, 0.29) is 0 Å². The molecule has 5 heteroatoms. The first-order valence-electron chi connectivity index (χ1n) is 6.69. The normalized spacial score (nSPS) is 14.8. The van der Waals surface area contributed by atoms with Crippen molar-refractivity contribution in [3.8, 4) is 5.82 Å². The average molecular weight is 321 g/mol. The maximum absolute atomic E-state index is 4.53. The van der Waals surface area contributed by atoms with Crippen LogP contribution in [0.1, 0.15) is 36.9 Å². The molecule has 0 unspecified atom stereocenters. The van der Waals surface area contributed by atoms with Crippen molar-refractivity contribution in [1.82, 2.24) is 20.1 Å². The van der Waals surface area contributed by atoms with Gasteiger partial charge in [0, 0.05) is 28.7 Å². The zero-order chi connectivity index (χ0) is 13.2. The molecule has 1 N–H and O–H groups in total. The van der Waals surface area contributed by atoms with Gasteiger partial charge in [0.25, 0.3) is 0 Å². The molecule has 2 heterocycles. The Bertz CT molecular complexity index is 557. The maximum atomic E-state index is 4.53. The Morgan fingerprint density at radius 1 is 1.37 bits per heavy atom. The molecule has 1 fully saturated rings. The van der Waals surface area contributed by atoms with Crippen molar-refractivity contribution in [2.45, 2.75) is 32.2 Å². The molecule has 19 heavy (non-hydrogen) atoms. The first-order chi connectivity index (χ1) is 9.29. The van der Waals surface area contributed by atoms with E-state index in [4.69, 9.17) is 0 Å². The van der Waals surface area contributed by atoms with Gasteiger partial charge in [0.05, 0.1) is 11.9 Å². The minimum atomic E-state index is 0.654. The number of hydrogen-bond donors (Lipinski definition) is 1. The quantitative estimate of drug-likeness (QED) is 0.920. The van der Waals surface area contributed by atoms with Gasteiger partial charge in [-0.2, -0.15) is 5.10 Å². The largest absolute Gasteiger partial charge is 0.313 e. The molecular weight excluding hydrogens is 304 g/mol. The Labute approximate surface area is 121 Å². The third kappa shape index (κ3) is 2.72. The van der Waals surface area contributed by atoms with Gasteiger partial charge in [-0.1, -0.05) is 6.92 Å². The first kappa shape index (κ1) is 12.8. The molecule has 0 spiro atoms. The second-order valence-electron chi connectivity index (χ2n) is 4.86. The Morgan fingerprint density at radius 2 is 2.21 bits per heavy atom. The van der Waals surface area contributed by atoms with E-state index in [0.717, 1.165) is 23.4 Å². The SMILES string of the molecule is CCNCc1cnn(-c2ccc(Br)cn2)c1C1CC1. The lowest BCUT2D eigenvalue weighted by Crippen LogP contribution is -2.13. The van der Waals surface area contributed by atoms with Crippen molar-refractivity contribution >= 4 is 15.9 Å². The average Bonchev–Trinajstić information content (AvgIpc) is 3.18. The standard InChI is InChI=1S/C14H17BrN4/c1-2-16-7-11-8-18-19(14(11)10-3-4-10)13-6-5-12(15)9-17-13/h5-6,8-10,16H,2-4,7H2,1H3. The van der Waals surface area contributed by atoms with E-state index < -0.39 is 0 Å². The van der Waals surface area contributed by atoms with E-state index >= 15 is 0 Å². The van der Waals surface area contributed by atoms with Gasteiger partial charge in [0.1, 0.15) is 0 Å². The molecule has 4 nitrogen and oxygen atoms in total. The van der Waals surface area contributed by atoms with E-state index in [9.17, 15) is 0 Å². The summed E-state index contributed by atoms with van der Waals surface area (Å²) in [5, 5.41) is 7.91. The molecule has 3 rings (SSSR count). The van der Waals surface area contributed by atoms with Crippen LogP contribution in [0, 0.1) is 0 Å². The Hall–Kier alpha value is -1.20. The van der Waals surface area contributed by atoms with Crippen molar-refractivity contribution in [1.29, 1.82) is 0 Å². The molecule has 1 aliphatic rings. The molecule has 2 aromatic rings. The Balaban J connectivity index is 1.96. The van der Waals surface area contributed by atoms with E-state index in [2.05, 4.69) is 38.3 Å². The molecule has 0 aromatic carbocycles. The second kappa shape index (κ2) is 5.43. The number of halogens is 1. The Morgan fingerprint density at radius 3 is 2.84 bits per heavy atom. The van der Waals surface area contributed by atoms with Crippen molar-refractivity contribution in [3.05, 3.63) is 40.3 Å². The topological polar surface area (TPSA) is 42.7 Å². The second-order valence-corrected chi connectivity index (χ2v) is 5.77. The molecule has 0 bridgehead atoms. The van der Waals surface area contributed by atoms with Gasteiger partial charge >= 0.3 is 0 Å². The maximum Gasteiger partial charge on any atom is 0.153 e. The van der Waals surface area contributed by atoms with Crippen LogP contribution in [-0.2, 0) is 6.54 Å². The number of nitrogens with one attached hydrogen (secondary N) is 1. The molecule has 1 saturated carbocycles. The molecule has 1 aliphatic carbocycles. The summed E-state index contributed by atoms with van der Waals surface area (Å²) < 4.78 is 2.99. The van der Waals surface area contributed by atoms with Crippen LogP contribution in [-0.4, -0.2) is 21.3 Å². The van der Waals surface area contributed by atoms with Crippen molar-refractivity contribution in [2.24, 2.45) is 0 Å². The molecule has 2 aromatic heterocycles. The highest BCUT2D eigenvalue weighted by Gasteiger charge is 2.30. The predicted octanol–water partition coefficient (Wildman–Crippen LogP) is 3.02. The molecule has 0 saturated heterocycles. The number of hydrogen-bond acceptors (Lipinski definition) is 3. The van der Waals surface area contributed by atoms with Crippen LogP contribution in [0.5, 0.6) is 0 Å². The fourth-order valence-corrected chi connectivity index (χ4v) is 2.49. The lowest BCUT2D eigenvalue weighted by atomic mass is 10.1. The molecule has 100 valence electrons. The van der Waals surface area contributed by atoms with E-state index in [0.29, 0.717) is 5.92 Å². The number of aromatic nitrogens is 3. The third-order valence-electron chi connectivity index (χ3n) is 3.34. The molecule has 0 amide bonds. The van der Waals surface area contributed by atoms with Crippen molar-refractivity contribution in [2.75, 3.05) is 6.54 Å². The van der Waals surface area contributed by atoms with Crippen LogP contribution < -0.4 is 5.32 Å². The van der Waals surface area contributed by atoms with Crippen molar-refractivity contribution < 1.29 is 0 Å². The highest BCUT2D eigenvalue weighted by atomic mass is 79.9. The lowest BCUT2D eigenvalue weighted by Gasteiger charge is -2.08. The van der Waals surface area contributed by atoms with Crippen LogP contribution in [0.4, 0.5) is 0 Å². The summed E-state index contributed by atoms with van der Waals surface area (Å²) in [6.07, 6.45) is 6.32. The zero-order valence-corrected chi connectivity index (χ0v) is 12.5. The minimum Gasteiger partial charge on any atom is -0.313 e. The summed E-state index contributed by atoms with van der Waals surface area (Å²) in [4.78, 5) is 4.45. The van der Waals surface area contributed by atoms with E-state index in [1.54, 1.807) is 0 Å². The lowest BCUT2D eigenvalue weighted by molar-refractivity contribution is 0.712. The van der Waals surface area contributed by atoms with Crippen molar-refractivity contribution in [3.63, 3.8) is 0 Å². The first-order valence-corrected chi connectivity index (χ1v) is 7.48. The minimum absolute atomic E-state index is 0.654. The van der Waals surface area contributed by atoms with Crippen LogP contribution in [0.25, 0.3) is 5.82 Å². The summed E-state index contributed by atoms with van der Waals surface area (Å²) in [6.45, 7) is 3.99. The number of pyridine rings is 1. The van der Waals surface area contributed by atoms with Gasteiger partial charge < -0.3 is 5.32 Å². The van der Waals surface area contributed by atoms with E-state index in [1.807, 2.05) is 29.2 Å². The third-order valence-corrected chi connectivity index (χ3v) is 3.81. The van der Waals surface area contributed by atoms with E-state index in [1.165, 1.54) is 24.1 Å². The predicted molar refractivity (Wildman–Crippen MR) is 78.4 cm³/mol. The number of nitrogens with zero attached hydrogens (tertiary/aromatic N) is 3. The summed E-state index contributed by atoms with van der Waals surface area (Å²) in [7, 11) is 0. The Kier molecular flexibility index (Phi) is 3.66. The molecular formula is C14H17BrN4. The fraction of sp³-hybridized carbons (Fsp3) is 0.429. The van der Waals surface area contributed by atoms with Crippen LogP contribution >= 0.6 is 15.9 Å². The van der Waals surface area contributed by atoms with Gasteiger partial charge in [0.2, 0.25) is 0 Å². The van der Waals surface area contributed by atoms with Crippen LogP contribution in [0.3, 0.4) is 0 Å². The van der Waals surface area contributed by atoms with Gasteiger partial charge in [-0.15, -0.1) is 0 Å². The van der Waals surface area contributed by atoms with Crippen LogP contribution in [0.15, 0.2) is 29.0 Å².